The van der Waals surface area contributed by atoms with Crippen LogP contribution >= 0.6 is 22.7 Å². The fourth-order valence-electron chi connectivity index (χ4n) is 3.39. The van der Waals surface area contributed by atoms with Crippen molar-refractivity contribution in [3.63, 3.8) is 0 Å². The molecule has 6 amide bonds. The number of rotatable bonds is 7. The van der Waals surface area contributed by atoms with Crippen LogP contribution in [0.15, 0.2) is 60.7 Å². The number of carbonyl (C=O) groups excluding carboxylic acids is 4. The number of urea groups is 2. The second-order valence-corrected chi connectivity index (χ2v) is 9.74. The van der Waals surface area contributed by atoms with Gasteiger partial charge >= 0.3 is 12.1 Å². The number of benzene rings is 2. The van der Waals surface area contributed by atoms with E-state index >= 15 is 0 Å². The van der Waals surface area contributed by atoms with E-state index in [0.717, 1.165) is 21.8 Å². The third-order valence-electron chi connectivity index (χ3n) is 4.97. The van der Waals surface area contributed by atoms with Crippen LogP contribution < -0.4 is 38.3 Å². The minimum absolute atomic E-state index is 0.0744. The number of anilines is 2. The van der Waals surface area contributed by atoms with E-state index in [9.17, 15) is 24.3 Å². The number of nitrogens with one attached hydrogen (secondary N) is 2. The van der Waals surface area contributed by atoms with Gasteiger partial charge in [0.25, 0.3) is 11.8 Å². The summed E-state index contributed by atoms with van der Waals surface area (Å²) in [6.07, 6.45) is 0. The predicted molar refractivity (Wildman–Crippen MR) is 151 cm³/mol. The maximum Gasteiger partial charge on any atom is 0.316 e. The molecule has 11 N–H and O–H groups in total. The van der Waals surface area contributed by atoms with Crippen LogP contribution in [0.4, 0.5) is 21.0 Å². The van der Waals surface area contributed by atoms with Gasteiger partial charge in [0, 0.05) is 20.9 Å². The Hall–Kier alpha value is -5.08. The summed E-state index contributed by atoms with van der Waals surface area (Å²) in [6.45, 7) is 0. The number of methoxy groups -OCH3 is 1. The highest BCUT2D eigenvalue weighted by Crippen LogP contribution is 2.39. The van der Waals surface area contributed by atoms with E-state index in [2.05, 4.69) is 10.6 Å². The number of phenols is 1. The number of carbonyl (C=O) groups is 4. The lowest BCUT2D eigenvalue weighted by atomic mass is 10.1. The van der Waals surface area contributed by atoms with E-state index in [1.807, 2.05) is 18.2 Å². The van der Waals surface area contributed by atoms with Gasteiger partial charge in [-0.25, -0.2) is 9.59 Å². The molecule has 2 aromatic carbocycles. The average Bonchev–Trinajstić information content (AvgIpc) is 3.48. The highest BCUT2D eigenvalue weighted by Gasteiger charge is 2.18. The number of primary amides is 4. The van der Waals surface area contributed by atoms with Crippen LogP contribution in [0, 0.1) is 0 Å². The minimum Gasteiger partial charge on any atom is -0.507 e. The normalized spacial score (nSPS) is 10.1. The van der Waals surface area contributed by atoms with Gasteiger partial charge in [0.1, 0.15) is 21.3 Å². The largest absolute Gasteiger partial charge is 0.507 e. The molecular formula is C25H24N6O6S2. The topological polar surface area (TPSA) is 226 Å². The number of amides is 6. The molecule has 0 unspecified atom stereocenters. The van der Waals surface area contributed by atoms with Crippen molar-refractivity contribution in [3.8, 4) is 32.4 Å². The van der Waals surface area contributed by atoms with E-state index in [4.69, 9.17) is 27.7 Å². The van der Waals surface area contributed by atoms with Gasteiger partial charge in [-0.05, 0) is 36.4 Å². The summed E-state index contributed by atoms with van der Waals surface area (Å²) in [4.78, 5) is 46.3. The molecule has 0 atom stereocenters. The van der Waals surface area contributed by atoms with Crippen molar-refractivity contribution >= 4 is 57.9 Å². The van der Waals surface area contributed by atoms with Crippen LogP contribution in [0.2, 0.25) is 0 Å². The van der Waals surface area contributed by atoms with E-state index in [1.54, 1.807) is 43.5 Å². The molecule has 39 heavy (non-hydrogen) atoms. The van der Waals surface area contributed by atoms with E-state index in [0.29, 0.717) is 21.9 Å². The quantitative estimate of drug-likeness (QED) is 0.176. The molecule has 0 aliphatic rings. The van der Waals surface area contributed by atoms with E-state index in [-0.39, 0.29) is 21.2 Å². The van der Waals surface area contributed by atoms with Crippen molar-refractivity contribution < 1.29 is 29.0 Å². The van der Waals surface area contributed by atoms with Crippen molar-refractivity contribution in [2.45, 2.75) is 0 Å². The molecule has 0 saturated carbocycles. The van der Waals surface area contributed by atoms with Crippen molar-refractivity contribution in [3.05, 3.63) is 70.4 Å². The Morgan fingerprint density at radius 2 is 1.15 bits per heavy atom. The van der Waals surface area contributed by atoms with Crippen LogP contribution in [0.1, 0.15) is 19.3 Å². The number of hydrogen-bond donors (Lipinski definition) is 7. The molecule has 0 bridgehead atoms. The van der Waals surface area contributed by atoms with Crippen LogP contribution in [0.5, 0.6) is 11.5 Å². The molecular weight excluding hydrogens is 544 g/mol. The first-order valence-electron chi connectivity index (χ1n) is 10.9. The number of aromatic hydroxyl groups is 1. The molecule has 0 aliphatic carbocycles. The number of nitrogens with two attached hydrogens (primary N) is 4. The Labute approximate surface area is 230 Å². The van der Waals surface area contributed by atoms with Crippen LogP contribution in [-0.2, 0) is 0 Å². The molecule has 4 aromatic rings. The van der Waals surface area contributed by atoms with Crippen LogP contribution in [0.25, 0.3) is 20.9 Å². The number of phenolic OH excluding ortho intramolecular Hbond substituents is 1. The molecule has 14 heteroatoms. The van der Waals surface area contributed by atoms with E-state index in [1.165, 1.54) is 17.4 Å². The average molecular weight is 569 g/mol. The zero-order valence-electron chi connectivity index (χ0n) is 20.4. The first-order valence-corrected chi connectivity index (χ1v) is 12.6. The Bertz CT molecular complexity index is 1550. The van der Waals surface area contributed by atoms with Crippen LogP contribution in [-0.4, -0.2) is 36.1 Å². The van der Waals surface area contributed by atoms with Gasteiger partial charge in [-0.2, -0.15) is 0 Å². The van der Waals surface area contributed by atoms with Crippen molar-refractivity contribution in [1.82, 2.24) is 0 Å². The summed E-state index contributed by atoms with van der Waals surface area (Å²) in [5.41, 5.74) is 22.5. The van der Waals surface area contributed by atoms with Gasteiger partial charge in [-0.1, -0.05) is 24.3 Å². The predicted octanol–water partition coefficient (Wildman–Crippen LogP) is 3.72. The van der Waals surface area contributed by atoms with Crippen molar-refractivity contribution in [2.24, 2.45) is 22.9 Å². The van der Waals surface area contributed by atoms with Gasteiger partial charge in [0.15, 0.2) is 0 Å². The molecule has 0 radical (unpaired) electrons. The van der Waals surface area contributed by atoms with Gasteiger partial charge in [-0.15, -0.1) is 22.7 Å². The zero-order chi connectivity index (χ0) is 28.7. The summed E-state index contributed by atoms with van der Waals surface area (Å²) in [5, 5.41) is 14.5. The Balaban J connectivity index is 0.000000216. The van der Waals surface area contributed by atoms with Crippen molar-refractivity contribution in [2.75, 3.05) is 17.7 Å². The Morgan fingerprint density at radius 1 is 0.718 bits per heavy atom. The second-order valence-electron chi connectivity index (χ2n) is 7.63. The van der Waals surface area contributed by atoms with Gasteiger partial charge in [0.2, 0.25) is 0 Å². The van der Waals surface area contributed by atoms with Crippen molar-refractivity contribution in [1.29, 1.82) is 0 Å². The monoisotopic (exact) mass is 568 g/mol. The molecule has 4 rings (SSSR count). The fourth-order valence-corrected chi connectivity index (χ4v) is 5.39. The maximum atomic E-state index is 11.4. The Morgan fingerprint density at radius 3 is 1.59 bits per heavy atom. The number of ether oxygens (including phenoxy) is 1. The molecule has 202 valence electrons. The summed E-state index contributed by atoms with van der Waals surface area (Å²) in [5.74, 6) is -0.559. The molecule has 2 aromatic heterocycles. The fraction of sp³-hybridized carbons (Fsp3) is 0.0400. The molecule has 2 heterocycles. The first kappa shape index (κ1) is 28.5. The standard InChI is InChI=1S/C13H13N3O3S.C12H11N3O3S/c1-19-9-5-3-2-4-7(9)10-6-8(16-13(15)18)11(20-10)12(14)17;13-11(17)10-7(15-12(14)18)5-9(19-10)6-3-1-2-4-8(6)16/h2-6H,1H3,(H2,14,17)(H3,15,16,18);1-5,16H,(H2,13,17)(H3,14,15,18). The van der Waals surface area contributed by atoms with Gasteiger partial charge < -0.3 is 43.4 Å². The third kappa shape index (κ3) is 7.03. The number of hydrogen-bond acceptors (Lipinski definition) is 8. The second kappa shape index (κ2) is 12.4. The highest BCUT2D eigenvalue weighted by molar-refractivity contribution is 7.18. The van der Waals surface area contributed by atoms with Crippen LogP contribution in [0.3, 0.4) is 0 Å². The Kier molecular flexibility index (Phi) is 9.09. The maximum absolute atomic E-state index is 11.4. The first-order chi connectivity index (χ1) is 18.5. The van der Waals surface area contributed by atoms with Gasteiger partial charge in [-0.3, -0.25) is 9.59 Å². The number of thiophene rings is 2. The summed E-state index contributed by atoms with van der Waals surface area (Å²) in [6, 6.07) is 15.7. The zero-order valence-corrected chi connectivity index (χ0v) is 22.0. The SMILES string of the molecule is COc1ccccc1-c1cc(NC(N)=O)c(C(N)=O)s1.NC(=O)Nc1cc(-c2ccccc2O)sc1C(N)=O. The lowest BCUT2D eigenvalue weighted by Crippen LogP contribution is -2.21. The smallest absolute Gasteiger partial charge is 0.316 e. The van der Waals surface area contributed by atoms with Gasteiger partial charge in [0.05, 0.1) is 18.5 Å². The molecule has 12 nitrogen and oxygen atoms in total. The number of para-hydroxylation sites is 2. The molecule has 0 fully saturated rings. The summed E-state index contributed by atoms with van der Waals surface area (Å²) < 4.78 is 5.27. The molecule has 0 aliphatic heterocycles. The van der Waals surface area contributed by atoms with E-state index < -0.39 is 23.9 Å². The minimum atomic E-state index is -0.788. The summed E-state index contributed by atoms with van der Waals surface area (Å²) >= 11 is 2.24. The lowest BCUT2D eigenvalue weighted by Gasteiger charge is -2.05. The third-order valence-corrected chi connectivity index (χ3v) is 7.34. The lowest BCUT2D eigenvalue weighted by molar-refractivity contribution is 0.0996. The molecule has 0 spiro atoms. The summed E-state index contributed by atoms with van der Waals surface area (Å²) in [7, 11) is 1.56. The highest BCUT2D eigenvalue weighted by atomic mass is 32.1. The molecule has 0 saturated heterocycles.